The number of amides is 1. The highest BCUT2D eigenvalue weighted by Gasteiger charge is 2.32. The third kappa shape index (κ3) is 4.34. The first-order valence-corrected chi connectivity index (χ1v) is 7.51. The van der Waals surface area contributed by atoms with E-state index < -0.39 is 5.60 Å². The number of hydrogen-bond donors (Lipinski definition) is 0. The fraction of sp³-hybridized carbons (Fsp3) is 0.625. The summed E-state index contributed by atoms with van der Waals surface area (Å²) in [5.41, 5.74) is -0.490. The molecule has 1 aliphatic heterocycles. The van der Waals surface area contributed by atoms with Crippen molar-refractivity contribution in [3.63, 3.8) is 0 Å². The summed E-state index contributed by atoms with van der Waals surface area (Å²) in [7, 11) is 1.89. The predicted octanol–water partition coefficient (Wildman–Crippen LogP) is 2.40. The van der Waals surface area contributed by atoms with Gasteiger partial charge in [-0.05, 0) is 46.4 Å². The van der Waals surface area contributed by atoms with E-state index in [1.54, 1.807) is 17.0 Å². The molecule has 6 heteroatoms. The van der Waals surface area contributed by atoms with E-state index in [1.165, 1.54) is 6.26 Å². The molecule has 1 aliphatic rings. The fourth-order valence-corrected chi connectivity index (χ4v) is 2.46. The number of likely N-dealkylation sites (N-methyl/N-ethyl adjacent to an activating group) is 1. The lowest BCUT2D eigenvalue weighted by Gasteiger charge is -2.26. The molecule has 0 aliphatic carbocycles. The van der Waals surface area contributed by atoms with Gasteiger partial charge < -0.3 is 14.1 Å². The summed E-state index contributed by atoms with van der Waals surface area (Å²) in [6, 6.07) is 3.52. The van der Waals surface area contributed by atoms with Crippen LogP contribution in [0.4, 0.5) is 4.79 Å². The normalized spacial score (nSPS) is 18.8. The SMILES string of the molecule is CN(CC(=O)c1ccco1)[C@H]1CCN(C(=O)OC(C)(C)C)C1. The van der Waals surface area contributed by atoms with Crippen LogP contribution in [0.15, 0.2) is 22.8 Å². The van der Waals surface area contributed by atoms with Crippen LogP contribution >= 0.6 is 0 Å². The molecule has 0 saturated carbocycles. The lowest BCUT2D eigenvalue weighted by Crippen LogP contribution is -2.40. The number of ether oxygens (including phenoxy) is 1. The average Bonchev–Trinajstić information content (AvgIpc) is 3.08. The maximum absolute atomic E-state index is 12.0. The number of nitrogens with zero attached hydrogens (tertiary/aromatic N) is 2. The van der Waals surface area contributed by atoms with Crippen molar-refractivity contribution in [3.05, 3.63) is 24.2 Å². The number of ketones is 1. The molecule has 1 atom stereocenters. The Morgan fingerprint density at radius 1 is 1.45 bits per heavy atom. The van der Waals surface area contributed by atoms with E-state index in [0.717, 1.165) is 6.42 Å². The first-order chi connectivity index (χ1) is 10.3. The van der Waals surface area contributed by atoms with Crippen molar-refractivity contribution in [1.82, 2.24) is 9.80 Å². The van der Waals surface area contributed by atoms with Crippen LogP contribution in [0, 0.1) is 0 Å². The van der Waals surface area contributed by atoms with E-state index in [9.17, 15) is 9.59 Å². The molecule has 0 radical (unpaired) electrons. The van der Waals surface area contributed by atoms with Gasteiger partial charge in [0.1, 0.15) is 5.60 Å². The summed E-state index contributed by atoms with van der Waals surface area (Å²) in [6.45, 7) is 7.07. The van der Waals surface area contributed by atoms with Gasteiger partial charge in [0.15, 0.2) is 5.76 Å². The van der Waals surface area contributed by atoms with Gasteiger partial charge in [-0.1, -0.05) is 0 Å². The standard InChI is InChI=1S/C16H24N2O4/c1-16(2,3)22-15(20)18-8-7-12(10-18)17(4)11-13(19)14-6-5-9-21-14/h5-6,9,12H,7-8,10-11H2,1-4H3/t12-/m0/s1. The second kappa shape index (κ2) is 6.52. The van der Waals surface area contributed by atoms with E-state index in [0.29, 0.717) is 18.8 Å². The number of rotatable bonds is 4. The zero-order chi connectivity index (χ0) is 16.3. The van der Waals surface area contributed by atoms with Gasteiger partial charge in [-0.3, -0.25) is 9.69 Å². The molecule has 122 valence electrons. The van der Waals surface area contributed by atoms with E-state index in [-0.39, 0.29) is 24.5 Å². The van der Waals surface area contributed by atoms with Crippen molar-refractivity contribution < 1.29 is 18.7 Å². The second-order valence-corrected chi connectivity index (χ2v) is 6.68. The second-order valence-electron chi connectivity index (χ2n) is 6.68. The summed E-state index contributed by atoms with van der Waals surface area (Å²) in [5.74, 6) is 0.317. The van der Waals surface area contributed by atoms with Gasteiger partial charge in [-0.2, -0.15) is 0 Å². The number of likely N-dealkylation sites (tertiary alicyclic amines) is 1. The third-order valence-electron chi connectivity index (χ3n) is 3.63. The number of furan rings is 1. The highest BCUT2D eigenvalue weighted by atomic mass is 16.6. The van der Waals surface area contributed by atoms with Crippen LogP contribution in [0.3, 0.4) is 0 Å². The Hall–Kier alpha value is -1.82. The molecule has 0 N–H and O–H groups in total. The van der Waals surface area contributed by atoms with Crippen molar-refractivity contribution in [1.29, 1.82) is 0 Å². The van der Waals surface area contributed by atoms with E-state index in [1.807, 2.05) is 32.7 Å². The topological polar surface area (TPSA) is 63.0 Å². The quantitative estimate of drug-likeness (QED) is 0.799. The molecule has 1 amide bonds. The molecule has 6 nitrogen and oxygen atoms in total. The van der Waals surface area contributed by atoms with Gasteiger partial charge in [-0.15, -0.1) is 0 Å². The van der Waals surface area contributed by atoms with Crippen molar-refractivity contribution in [2.24, 2.45) is 0 Å². The average molecular weight is 308 g/mol. The number of carbonyl (C=O) groups excluding carboxylic acids is 2. The Labute approximate surface area is 131 Å². The molecule has 1 aromatic heterocycles. The van der Waals surface area contributed by atoms with Crippen molar-refractivity contribution in [2.45, 2.75) is 38.8 Å². The largest absolute Gasteiger partial charge is 0.461 e. The lowest BCUT2D eigenvalue weighted by molar-refractivity contribution is 0.0283. The van der Waals surface area contributed by atoms with Crippen LogP contribution in [0.5, 0.6) is 0 Å². The summed E-state index contributed by atoms with van der Waals surface area (Å²) in [6.07, 6.45) is 2.04. The summed E-state index contributed by atoms with van der Waals surface area (Å²) in [4.78, 5) is 27.7. The van der Waals surface area contributed by atoms with E-state index >= 15 is 0 Å². The molecule has 0 unspecified atom stereocenters. The molecule has 0 bridgehead atoms. The molecule has 1 aromatic rings. The van der Waals surface area contributed by atoms with Gasteiger partial charge in [-0.25, -0.2) is 4.79 Å². The van der Waals surface area contributed by atoms with Crippen LogP contribution < -0.4 is 0 Å². The smallest absolute Gasteiger partial charge is 0.410 e. The predicted molar refractivity (Wildman–Crippen MR) is 81.9 cm³/mol. The van der Waals surface area contributed by atoms with Crippen molar-refractivity contribution in [2.75, 3.05) is 26.7 Å². The monoisotopic (exact) mass is 308 g/mol. The Morgan fingerprint density at radius 2 is 2.18 bits per heavy atom. The zero-order valence-corrected chi connectivity index (χ0v) is 13.7. The Bertz CT molecular complexity index is 519. The Balaban J connectivity index is 1.84. The fourth-order valence-electron chi connectivity index (χ4n) is 2.46. The van der Waals surface area contributed by atoms with Crippen LogP contribution in [0.2, 0.25) is 0 Å². The van der Waals surface area contributed by atoms with Crippen LogP contribution in [0.25, 0.3) is 0 Å². The Morgan fingerprint density at radius 3 is 2.77 bits per heavy atom. The first kappa shape index (κ1) is 16.5. The zero-order valence-electron chi connectivity index (χ0n) is 13.7. The van der Waals surface area contributed by atoms with Gasteiger partial charge in [0.05, 0.1) is 12.8 Å². The maximum atomic E-state index is 12.0. The molecular formula is C16H24N2O4. The minimum Gasteiger partial charge on any atom is -0.461 e. The van der Waals surface area contributed by atoms with Gasteiger partial charge in [0.25, 0.3) is 0 Å². The molecular weight excluding hydrogens is 284 g/mol. The minimum absolute atomic E-state index is 0.0526. The third-order valence-corrected chi connectivity index (χ3v) is 3.63. The van der Waals surface area contributed by atoms with Gasteiger partial charge >= 0.3 is 6.09 Å². The lowest BCUT2D eigenvalue weighted by atomic mass is 10.2. The van der Waals surface area contributed by atoms with Crippen LogP contribution in [-0.2, 0) is 4.74 Å². The number of hydrogen-bond acceptors (Lipinski definition) is 5. The minimum atomic E-state index is -0.490. The summed E-state index contributed by atoms with van der Waals surface area (Å²) >= 11 is 0. The first-order valence-electron chi connectivity index (χ1n) is 7.51. The molecule has 22 heavy (non-hydrogen) atoms. The highest BCUT2D eigenvalue weighted by Crippen LogP contribution is 2.18. The van der Waals surface area contributed by atoms with Gasteiger partial charge in [0.2, 0.25) is 5.78 Å². The van der Waals surface area contributed by atoms with Crippen molar-refractivity contribution >= 4 is 11.9 Å². The van der Waals surface area contributed by atoms with Crippen LogP contribution in [-0.4, -0.2) is 60.0 Å². The molecule has 2 rings (SSSR count). The van der Waals surface area contributed by atoms with E-state index in [2.05, 4.69) is 0 Å². The molecule has 0 aromatic carbocycles. The molecule has 1 saturated heterocycles. The van der Waals surface area contributed by atoms with Crippen LogP contribution in [0.1, 0.15) is 37.7 Å². The summed E-state index contributed by atoms with van der Waals surface area (Å²) < 4.78 is 10.5. The van der Waals surface area contributed by atoms with Crippen molar-refractivity contribution in [3.8, 4) is 0 Å². The van der Waals surface area contributed by atoms with E-state index in [4.69, 9.17) is 9.15 Å². The molecule has 1 fully saturated rings. The molecule has 2 heterocycles. The Kier molecular flexibility index (Phi) is 4.90. The highest BCUT2D eigenvalue weighted by molar-refractivity contribution is 5.95. The number of Topliss-reactive ketones (excluding diaryl/α,β-unsaturated/α-hetero) is 1. The maximum Gasteiger partial charge on any atom is 0.410 e. The summed E-state index contributed by atoms with van der Waals surface area (Å²) in [5, 5.41) is 0. The molecule has 0 spiro atoms. The van der Waals surface area contributed by atoms with Gasteiger partial charge in [0, 0.05) is 19.1 Å². The number of carbonyl (C=O) groups is 2.